The second-order valence-electron chi connectivity index (χ2n) is 4.59. The molecule has 0 fully saturated rings. The van der Waals surface area contributed by atoms with Gasteiger partial charge in [0.15, 0.2) is 0 Å². The molecule has 0 unspecified atom stereocenters. The lowest BCUT2D eigenvalue weighted by molar-refractivity contribution is -0.384. The quantitative estimate of drug-likeness (QED) is 0.424. The molecule has 5 nitrogen and oxygen atoms in total. The van der Waals surface area contributed by atoms with Crippen LogP contribution in [0.5, 0.6) is 0 Å². The molecule has 0 bridgehead atoms. The molecule has 2 heterocycles. The predicted octanol–water partition coefficient (Wildman–Crippen LogP) is 4.44. The number of hydrogen-bond donors (Lipinski definition) is 1. The number of aromatic nitrogens is 1. The van der Waals surface area contributed by atoms with Gasteiger partial charge >= 0.3 is 0 Å². The standard InChI is InChI=1S/C14H9BrN2O3S/c1-7-4-12(21-14(7)15)13(18)10-6-16-11-3-2-8(17(19)20)5-9(10)11/h2-6,16H,1H3. The van der Waals surface area contributed by atoms with E-state index in [9.17, 15) is 14.9 Å². The summed E-state index contributed by atoms with van der Waals surface area (Å²) in [4.78, 5) is 26.6. The summed E-state index contributed by atoms with van der Waals surface area (Å²) >= 11 is 4.76. The molecule has 106 valence electrons. The van der Waals surface area contributed by atoms with Crippen LogP contribution < -0.4 is 0 Å². The van der Waals surface area contributed by atoms with Gasteiger partial charge in [0.1, 0.15) is 0 Å². The molecule has 3 rings (SSSR count). The lowest BCUT2D eigenvalue weighted by Crippen LogP contribution is -1.97. The highest BCUT2D eigenvalue weighted by Gasteiger charge is 2.19. The number of aryl methyl sites for hydroxylation is 1. The normalized spacial score (nSPS) is 11.0. The lowest BCUT2D eigenvalue weighted by atomic mass is 10.1. The number of carbonyl (C=O) groups is 1. The highest BCUT2D eigenvalue weighted by atomic mass is 79.9. The van der Waals surface area contributed by atoms with Crippen molar-refractivity contribution >= 4 is 49.6 Å². The number of halogens is 1. The van der Waals surface area contributed by atoms with Crippen molar-refractivity contribution in [3.63, 3.8) is 0 Å². The second-order valence-corrected chi connectivity index (χ2v) is 6.96. The van der Waals surface area contributed by atoms with E-state index in [1.807, 2.05) is 13.0 Å². The minimum atomic E-state index is -0.466. The molecule has 0 spiro atoms. The van der Waals surface area contributed by atoms with Crippen LogP contribution in [0.4, 0.5) is 5.69 Å². The van der Waals surface area contributed by atoms with Crippen molar-refractivity contribution in [2.75, 3.05) is 0 Å². The molecule has 2 aromatic heterocycles. The molecule has 0 atom stereocenters. The number of ketones is 1. The van der Waals surface area contributed by atoms with Crippen LogP contribution in [-0.4, -0.2) is 15.7 Å². The summed E-state index contributed by atoms with van der Waals surface area (Å²) in [5, 5.41) is 11.4. The molecule has 0 saturated carbocycles. The Hall–Kier alpha value is -1.99. The van der Waals surface area contributed by atoms with E-state index in [-0.39, 0.29) is 11.5 Å². The van der Waals surface area contributed by atoms with E-state index in [1.54, 1.807) is 12.3 Å². The number of carbonyl (C=O) groups excluding carboxylic acids is 1. The van der Waals surface area contributed by atoms with Gasteiger partial charge in [-0.05, 0) is 40.5 Å². The van der Waals surface area contributed by atoms with Gasteiger partial charge < -0.3 is 4.98 Å². The fourth-order valence-electron chi connectivity index (χ4n) is 2.11. The summed E-state index contributed by atoms with van der Waals surface area (Å²) < 4.78 is 0.914. The summed E-state index contributed by atoms with van der Waals surface area (Å²) in [7, 11) is 0. The molecule has 0 amide bonds. The third kappa shape index (κ3) is 2.38. The molecule has 3 aromatic rings. The molecule has 0 saturated heterocycles. The van der Waals surface area contributed by atoms with E-state index in [4.69, 9.17) is 0 Å². The number of benzene rings is 1. The van der Waals surface area contributed by atoms with Gasteiger partial charge in [0.05, 0.1) is 13.6 Å². The van der Waals surface area contributed by atoms with Crippen LogP contribution >= 0.6 is 27.3 Å². The minimum Gasteiger partial charge on any atom is -0.360 e. The zero-order valence-corrected chi connectivity index (χ0v) is 13.2. The van der Waals surface area contributed by atoms with Gasteiger partial charge in [-0.15, -0.1) is 11.3 Å². The van der Waals surface area contributed by atoms with Crippen LogP contribution in [0.3, 0.4) is 0 Å². The fraction of sp³-hybridized carbons (Fsp3) is 0.0714. The van der Waals surface area contributed by atoms with Crippen LogP contribution in [0, 0.1) is 17.0 Å². The number of nitrogens with one attached hydrogen (secondary N) is 1. The molecule has 0 aliphatic rings. The maximum Gasteiger partial charge on any atom is 0.270 e. The monoisotopic (exact) mass is 364 g/mol. The van der Waals surface area contributed by atoms with Crippen LogP contribution in [0.1, 0.15) is 20.8 Å². The van der Waals surface area contributed by atoms with Crippen LogP contribution in [0.25, 0.3) is 10.9 Å². The number of nitro groups is 1. The fourth-order valence-corrected chi connectivity index (χ4v) is 3.60. The largest absolute Gasteiger partial charge is 0.360 e. The summed E-state index contributed by atoms with van der Waals surface area (Å²) in [6.45, 7) is 1.91. The van der Waals surface area contributed by atoms with Gasteiger partial charge in [-0.25, -0.2) is 0 Å². The number of aromatic amines is 1. The first-order valence-electron chi connectivity index (χ1n) is 6.03. The van der Waals surface area contributed by atoms with Crippen molar-refractivity contribution in [3.8, 4) is 0 Å². The maximum absolute atomic E-state index is 12.6. The summed E-state index contributed by atoms with van der Waals surface area (Å²) in [6.07, 6.45) is 1.60. The third-order valence-electron chi connectivity index (χ3n) is 3.20. The van der Waals surface area contributed by atoms with Crippen LogP contribution in [-0.2, 0) is 0 Å². The number of fused-ring (bicyclic) bond motifs is 1. The molecular weight excluding hydrogens is 356 g/mol. The average molecular weight is 365 g/mol. The number of thiophene rings is 1. The van der Waals surface area contributed by atoms with Crippen molar-refractivity contribution in [2.45, 2.75) is 6.92 Å². The van der Waals surface area contributed by atoms with Crippen LogP contribution in [0.15, 0.2) is 34.2 Å². The molecule has 0 radical (unpaired) electrons. The summed E-state index contributed by atoms with van der Waals surface area (Å²) in [5.74, 6) is -0.138. The third-order valence-corrected chi connectivity index (χ3v) is 5.34. The van der Waals surface area contributed by atoms with Crippen molar-refractivity contribution in [1.29, 1.82) is 0 Å². The summed E-state index contributed by atoms with van der Waals surface area (Å²) in [5.41, 5.74) is 2.12. The van der Waals surface area contributed by atoms with Crippen LogP contribution in [0.2, 0.25) is 0 Å². The highest BCUT2D eigenvalue weighted by molar-refractivity contribution is 9.11. The SMILES string of the molecule is Cc1cc(C(=O)c2c[nH]c3ccc([N+](=O)[O-])cc23)sc1Br. The number of H-pyrrole nitrogens is 1. The zero-order valence-electron chi connectivity index (χ0n) is 10.8. The lowest BCUT2D eigenvalue weighted by Gasteiger charge is -1.97. The number of hydrogen-bond acceptors (Lipinski definition) is 4. The maximum atomic E-state index is 12.6. The molecule has 7 heteroatoms. The Balaban J connectivity index is 2.13. The van der Waals surface area contributed by atoms with Gasteiger partial charge in [-0.3, -0.25) is 14.9 Å². The van der Waals surface area contributed by atoms with E-state index >= 15 is 0 Å². The van der Waals surface area contributed by atoms with Crippen molar-refractivity contribution in [1.82, 2.24) is 4.98 Å². The van der Waals surface area contributed by atoms with Gasteiger partial charge in [0, 0.05) is 34.8 Å². The summed E-state index contributed by atoms with van der Waals surface area (Å²) in [6, 6.07) is 6.26. The van der Waals surface area contributed by atoms with Gasteiger partial charge in [-0.1, -0.05) is 0 Å². The van der Waals surface area contributed by atoms with Gasteiger partial charge in [0.2, 0.25) is 5.78 Å². The number of nitro benzene ring substituents is 1. The minimum absolute atomic E-state index is 0.0281. The van der Waals surface area contributed by atoms with Crippen molar-refractivity contribution < 1.29 is 9.72 Å². The molecular formula is C14H9BrN2O3S. The van der Waals surface area contributed by atoms with E-state index in [0.717, 1.165) is 9.35 Å². The Kier molecular flexibility index (Phi) is 3.38. The van der Waals surface area contributed by atoms with E-state index in [2.05, 4.69) is 20.9 Å². The Labute approximate surface area is 131 Å². The van der Waals surface area contributed by atoms with E-state index < -0.39 is 4.92 Å². The van der Waals surface area contributed by atoms with Crippen molar-refractivity contribution in [3.05, 3.63) is 60.4 Å². The van der Waals surface area contributed by atoms with Gasteiger partial charge in [0.25, 0.3) is 5.69 Å². The Morgan fingerprint density at radius 3 is 2.76 bits per heavy atom. The van der Waals surface area contributed by atoms with E-state index in [0.29, 0.717) is 21.3 Å². The van der Waals surface area contributed by atoms with Gasteiger partial charge in [-0.2, -0.15) is 0 Å². The first-order chi connectivity index (χ1) is 9.97. The number of non-ortho nitro benzene ring substituents is 1. The highest BCUT2D eigenvalue weighted by Crippen LogP contribution is 2.31. The van der Waals surface area contributed by atoms with E-state index in [1.165, 1.54) is 23.5 Å². The molecule has 21 heavy (non-hydrogen) atoms. The Bertz CT molecular complexity index is 862. The Morgan fingerprint density at radius 1 is 1.38 bits per heavy atom. The first-order valence-corrected chi connectivity index (χ1v) is 7.64. The zero-order chi connectivity index (χ0) is 15.1. The predicted molar refractivity (Wildman–Crippen MR) is 85.1 cm³/mol. The average Bonchev–Trinajstić information content (AvgIpc) is 3.01. The molecule has 0 aliphatic carbocycles. The molecule has 1 N–H and O–H groups in total. The number of nitrogens with zero attached hydrogens (tertiary/aromatic N) is 1. The first kappa shape index (κ1) is 14.0. The molecule has 1 aromatic carbocycles. The number of rotatable bonds is 3. The molecule has 0 aliphatic heterocycles. The topological polar surface area (TPSA) is 76.0 Å². The second kappa shape index (κ2) is 5.09. The Morgan fingerprint density at radius 2 is 2.14 bits per heavy atom. The van der Waals surface area contributed by atoms with Crippen molar-refractivity contribution in [2.24, 2.45) is 0 Å². The smallest absolute Gasteiger partial charge is 0.270 e.